The van der Waals surface area contributed by atoms with Gasteiger partial charge in [-0.25, -0.2) is 9.87 Å². The number of fused-ring (bicyclic) bond motifs is 2. The summed E-state index contributed by atoms with van der Waals surface area (Å²) >= 11 is 0. The van der Waals surface area contributed by atoms with E-state index < -0.39 is 11.7 Å². The number of benzene rings is 1. The normalized spacial score (nSPS) is 25.6. The highest BCUT2D eigenvalue weighted by molar-refractivity contribution is 5.93. The van der Waals surface area contributed by atoms with Crippen LogP contribution in [0.15, 0.2) is 18.2 Å². The van der Waals surface area contributed by atoms with Crippen LogP contribution in [-0.2, 0) is 6.54 Å². The first kappa shape index (κ1) is 18.3. The van der Waals surface area contributed by atoms with Crippen molar-refractivity contribution in [1.29, 1.82) is 0 Å². The largest absolute Gasteiger partial charge is 0.313 e. The molecule has 0 saturated heterocycles. The number of halogens is 1. The molecule has 4 nitrogen and oxygen atoms in total. The number of hydrogen-bond acceptors (Lipinski definition) is 3. The van der Waals surface area contributed by atoms with Crippen molar-refractivity contribution < 1.29 is 14.4 Å². The van der Waals surface area contributed by atoms with Crippen LogP contribution in [0, 0.1) is 23.6 Å². The zero-order chi connectivity index (χ0) is 17.6. The second-order valence-electron chi connectivity index (χ2n) is 7.81. The fourth-order valence-corrected chi connectivity index (χ4v) is 4.77. The molecule has 1 aromatic rings. The highest BCUT2D eigenvalue weighted by Crippen LogP contribution is 2.43. The minimum atomic E-state index is -0.825. The van der Waals surface area contributed by atoms with Crippen LogP contribution in [-0.4, -0.2) is 17.7 Å². The number of carbonyl (C=O) groups excluding carboxylic acids is 1. The fraction of sp³-hybridized carbons (Fsp3) is 0.650. The molecule has 0 heterocycles. The van der Waals surface area contributed by atoms with E-state index in [4.69, 9.17) is 5.21 Å². The smallest absolute Gasteiger partial charge is 0.277 e. The Morgan fingerprint density at radius 1 is 1.20 bits per heavy atom. The average Bonchev–Trinajstić information content (AvgIpc) is 2.60. The third-order valence-corrected chi connectivity index (χ3v) is 5.90. The van der Waals surface area contributed by atoms with Gasteiger partial charge in [0.1, 0.15) is 5.82 Å². The number of nitrogens with one attached hydrogen (secondary N) is 2. The molecule has 0 spiro atoms. The van der Waals surface area contributed by atoms with Crippen molar-refractivity contribution in [2.45, 2.75) is 57.9 Å². The quantitative estimate of drug-likeness (QED) is 0.396. The summed E-state index contributed by atoms with van der Waals surface area (Å²) in [6.45, 7) is 1.53. The van der Waals surface area contributed by atoms with E-state index >= 15 is 0 Å². The maximum absolute atomic E-state index is 13.8. The molecule has 2 aliphatic rings. The SMILES string of the molecule is O=C(NO)c1ccc(CNCCCC2CC3CCCC(C2)C3)cc1F. The van der Waals surface area contributed by atoms with Crippen molar-refractivity contribution in [1.82, 2.24) is 10.8 Å². The van der Waals surface area contributed by atoms with Gasteiger partial charge in [-0.15, -0.1) is 0 Å². The van der Waals surface area contributed by atoms with Gasteiger partial charge in [0.05, 0.1) is 5.56 Å². The maximum atomic E-state index is 13.8. The molecule has 3 N–H and O–H groups in total. The zero-order valence-corrected chi connectivity index (χ0v) is 14.8. The van der Waals surface area contributed by atoms with Crippen LogP contribution >= 0.6 is 0 Å². The molecule has 0 aromatic heterocycles. The first-order valence-electron chi connectivity index (χ1n) is 9.59. The third-order valence-electron chi connectivity index (χ3n) is 5.90. The Bertz CT molecular complexity index is 581. The van der Waals surface area contributed by atoms with Crippen molar-refractivity contribution in [2.75, 3.05) is 6.54 Å². The Morgan fingerprint density at radius 2 is 1.96 bits per heavy atom. The van der Waals surface area contributed by atoms with E-state index in [0.717, 1.165) is 36.3 Å². The van der Waals surface area contributed by atoms with E-state index in [1.165, 1.54) is 62.6 Å². The highest BCUT2D eigenvalue weighted by atomic mass is 19.1. The number of amides is 1. The predicted octanol–water partition coefficient (Wildman–Crippen LogP) is 4.03. The maximum Gasteiger partial charge on any atom is 0.277 e. The minimum Gasteiger partial charge on any atom is -0.313 e. The first-order chi connectivity index (χ1) is 12.2. The van der Waals surface area contributed by atoms with E-state index in [2.05, 4.69) is 5.32 Å². The summed E-state index contributed by atoms with van der Waals surface area (Å²) < 4.78 is 13.8. The van der Waals surface area contributed by atoms with Crippen molar-refractivity contribution in [3.05, 3.63) is 35.1 Å². The molecule has 5 heteroatoms. The van der Waals surface area contributed by atoms with Gasteiger partial charge in [-0.05, 0) is 74.1 Å². The van der Waals surface area contributed by atoms with Gasteiger partial charge in [-0.3, -0.25) is 10.0 Å². The lowest BCUT2D eigenvalue weighted by Crippen LogP contribution is -2.27. The van der Waals surface area contributed by atoms with Gasteiger partial charge in [-0.2, -0.15) is 0 Å². The molecule has 1 aromatic carbocycles. The summed E-state index contributed by atoms with van der Waals surface area (Å²) in [6.07, 6.45) is 11.1. The molecule has 2 saturated carbocycles. The molecule has 138 valence electrons. The number of carbonyl (C=O) groups is 1. The monoisotopic (exact) mass is 348 g/mol. The van der Waals surface area contributed by atoms with Crippen LogP contribution in [0.1, 0.15) is 67.3 Å². The Balaban J connectivity index is 1.36. The molecule has 1 amide bonds. The topological polar surface area (TPSA) is 61.4 Å². The van der Waals surface area contributed by atoms with Gasteiger partial charge in [-0.1, -0.05) is 25.3 Å². The van der Waals surface area contributed by atoms with Gasteiger partial charge < -0.3 is 5.32 Å². The minimum absolute atomic E-state index is 0.144. The molecular formula is C20H29FN2O2. The Hall–Kier alpha value is -1.46. The van der Waals surface area contributed by atoms with Crippen LogP contribution in [0.5, 0.6) is 0 Å². The molecule has 2 bridgehead atoms. The van der Waals surface area contributed by atoms with Crippen molar-refractivity contribution in [3.8, 4) is 0 Å². The van der Waals surface area contributed by atoms with E-state index in [1.54, 1.807) is 6.07 Å². The van der Waals surface area contributed by atoms with Crippen molar-refractivity contribution in [2.24, 2.45) is 17.8 Å². The van der Waals surface area contributed by atoms with E-state index in [-0.39, 0.29) is 5.56 Å². The highest BCUT2D eigenvalue weighted by Gasteiger charge is 2.31. The summed E-state index contributed by atoms with van der Waals surface area (Å²) in [4.78, 5) is 11.3. The van der Waals surface area contributed by atoms with Crippen molar-refractivity contribution in [3.63, 3.8) is 0 Å². The van der Waals surface area contributed by atoms with Crippen LogP contribution in [0.4, 0.5) is 4.39 Å². The standard InChI is InChI=1S/C20H29FN2O2/c21-19-12-17(6-7-18(19)20(24)23-25)13-22-8-2-5-16-10-14-3-1-4-15(9-14)11-16/h6-7,12,14-16,22,25H,1-5,8-11,13H2,(H,23,24). The average molecular weight is 348 g/mol. The number of hydrogen-bond donors (Lipinski definition) is 3. The lowest BCUT2D eigenvalue weighted by Gasteiger charge is -2.39. The van der Waals surface area contributed by atoms with Crippen LogP contribution < -0.4 is 10.8 Å². The second-order valence-corrected chi connectivity index (χ2v) is 7.81. The lowest BCUT2D eigenvalue weighted by molar-refractivity contribution is 0.0702. The number of rotatable bonds is 7. The van der Waals surface area contributed by atoms with Gasteiger partial charge in [0.2, 0.25) is 0 Å². The molecular weight excluding hydrogens is 319 g/mol. The molecule has 25 heavy (non-hydrogen) atoms. The Labute approximate surface area is 149 Å². The third kappa shape index (κ3) is 5.02. The van der Waals surface area contributed by atoms with Crippen LogP contribution in [0.3, 0.4) is 0 Å². The fourth-order valence-electron chi connectivity index (χ4n) is 4.77. The number of hydroxylamine groups is 1. The van der Waals surface area contributed by atoms with Crippen LogP contribution in [0.25, 0.3) is 0 Å². The molecule has 2 unspecified atom stereocenters. The molecule has 0 aliphatic heterocycles. The summed E-state index contributed by atoms with van der Waals surface area (Å²) in [7, 11) is 0. The van der Waals surface area contributed by atoms with Gasteiger partial charge in [0.15, 0.2) is 0 Å². The summed E-state index contributed by atoms with van der Waals surface area (Å²) in [5, 5.41) is 11.9. The Morgan fingerprint density at radius 3 is 2.64 bits per heavy atom. The summed E-state index contributed by atoms with van der Waals surface area (Å²) in [5.74, 6) is 1.44. The van der Waals surface area contributed by atoms with E-state index in [1.807, 2.05) is 0 Å². The predicted molar refractivity (Wildman–Crippen MR) is 94.8 cm³/mol. The van der Waals surface area contributed by atoms with Crippen molar-refractivity contribution >= 4 is 5.91 Å². The molecule has 2 atom stereocenters. The second kappa shape index (κ2) is 8.77. The zero-order valence-electron chi connectivity index (χ0n) is 14.8. The lowest BCUT2D eigenvalue weighted by atomic mass is 9.67. The van der Waals surface area contributed by atoms with Crippen LogP contribution in [0.2, 0.25) is 0 Å². The molecule has 3 rings (SSSR count). The Kier molecular flexibility index (Phi) is 6.43. The molecule has 2 aliphatic carbocycles. The summed E-state index contributed by atoms with van der Waals surface area (Å²) in [6, 6.07) is 4.46. The molecule has 0 radical (unpaired) electrons. The van der Waals surface area contributed by atoms with E-state index in [0.29, 0.717) is 6.54 Å². The first-order valence-corrected chi connectivity index (χ1v) is 9.59. The van der Waals surface area contributed by atoms with E-state index in [9.17, 15) is 9.18 Å². The van der Waals surface area contributed by atoms with Gasteiger partial charge >= 0.3 is 0 Å². The molecule has 2 fully saturated rings. The van der Waals surface area contributed by atoms with Gasteiger partial charge in [0.25, 0.3) is 5.91 Å². The summed E-state index contributed by atoms with van der Waals surface area (Å²) in [5.41, 5.74) is 2.11. The van der Waals surface area contributed by atoms with Gasteiger partial charge in [0, 0.05) is 6.54 Å².